The molecule has 26 heavy (non-hydrogen) atoms. The highest BCUT2D eigenvalue weighted by molar-refractivity contribution is 7.10. The first-order valence-corrected chi connectivity index (χ1v) is 10.1. The Bertz CT molecular complexity index is 907. The Morgan fingerprint density at radius 3 is 2.88 bits per heavy atom. The van der Waals surface area contributed by atoms with Crippen LogP contribution in [0.4, 0.5) is 0 Å². The van der Waals surface area contributed by atoms with Gasteiger partial charge in [0.15, 0.2) is 0 Å². The fourth-order valence-electron chi connectivity index (χ4n) is 4.14. The lowest BCUT2D eigenvalue weighted by atomic mass is 9.82. The number of rotatable bonds is 2. The number of likely N-dealkylation sites (tertiary alicyclic amines) is 1. The van der Waals surface area contributed by atoms with Crippen molar-refractivity contribution in [3.8, 4) is 0 Å². The smallest absolute Gasteiger partial charge is 0.263 e. The van der Waals surface area contributed by atoms with Crippen molar-refractivity contribution in [2.45, 2.75) is 43.6 Å². The number of carbonyl (C=O) groups excluding carboxylic acids is 1. The molecule has 136 valence electrons. The van der Waals surface area contributed by atoms with Gasteiger partial charge < -0.3 is 14.6 Å². The molecule has 4 heterocycles. The second-order valence-corrected chi connectivity index (χ2v) is 8.43. The van der Waals surface area contributed by atoms with Crippen molar-refractivity contribution < 1.29 is 9.53 Å². The van der Waals surface area contributed by atoms with Crippen LogP contribution < -0.4 is 5.56 Å². The van der Waals surface area contributed by atoms with Crippen LogP contribution in [0.15, 0.2) is 22.4 Å². The molecule has 3 aliphatic rings. The number of nitrogens with one attached hydrogen (secondary N) is 1. The molecular weight excluding hydrogens is 350 g/mol. The van der Waals surface area contributed by atoms with E-state index in [2.05, 4.69) is 21.4 Å². The summed E-state index contributed by atoms with van der Waals surface area (Å²) in [5.74, 6) is 0.854. The predicted molar refractivity (Wildman–Crippen MR) is 97.6 cm³/mol. The monoisotopic (exact) mass is 371 g/mol. The average Bonchev–Trinajstić information content (AvgIpc) is 3.39. The van der Waals surface area contributed by atoms with Gasteiger partial charge in [-0.25, -0.2) is 4.98 Å². The molecule has 0 atom stereocenters. The van der Waals surface area contributed by atoms with Crippen molar-refractivity contribution in [2.75, 3.05) is 19.7 Å². The quantitative estimate of drug-likeness (QED) is 0.880. The van der Waals surface area contributed by atoms with Gasteiger partial charge in [0.1, 0.15) is 11.4 Å². The number of carbonyl (C=O) groups is 1. The Labute approximate surface area is 155 Å². The fraction of sp³-hybridized carbons (Fsp3) is 0.526. The molecule has 1 aliphatic carbocycles. The molecular formula is C19H21N3O3S. The molecule has 1 amide bonds. The second kappa shape index (κ2) is 6.03. The van der Waals surface area contributed by atoms with Gasteiger partial charge in [-0.2, -0.15) is 0 Å². The number of aromatic amines is 1. The van der Waals surface area contributed by atoms with E-state index in [-0.39, 0.29) is 22.6 Å². The summed E-state index contributed by atoms with van der Waals surface area (Å²) in [5, 5.41) is 2.13. The summed E-state index contributed by atoms with van der Waals surface area (Å²) in [4.78, 5) is 35.4. The van der Waals surface area contributed by atoms with E-state index in [4.69, 9.17) is 4.74 Å². The zero-order valence-electron chi connectivity index (χ0n) is 14.5. The Balaban J connectivity index is 1.33. The van der Waals surface area contributed by atoms with Crippen LogP contribution in [0.2, 0.25) is 0 Å². The van der Waals surface area contributed by atoms with Gasteiger partial charge in [0.25, 0.3) is 11.5 Å². The molecule has 0 aromatic carbocycles. The summed E-state index contributed by atoms with van der Waals surface area (Å²) in [6, 6.07) is 2.17. The van der Waals surface area contributed by atoms with Gasteiger partial charge in [-0.15, -0.1) is 11.3 Å². The van der Waals surface area contributed by atoms with Crippen molar-refractivity contribution in [3.63, 3.8) is 0 Å². The number of H-pyrrole nitrogens is 1. The highest BCUT2D eigenvalue weighted by Gasteiger charge is 2.42. The third-order valence-electron chi connectivity index (χ3n) is 5.82. The maximum atomic E-state index is 12.8. The molecule has 2 fully saturated rings. The first-order valence-electron chi connectivity index (χ1n) is 9.26. The number of fused-ring (bicyclic) bond motifs is 2. The molecule has 0 unspecified atom stereocenters. The van der Waals surface area contributed by atoms with Crippen molar-refractivity contribution in [2.24, 2.45) is 0 Å². The van der Waals surface area contributed by atoms with E-state index in [1.54, 1.807) is 16.2 Å². The van der Waals surface area contributed by atoms with Crippen LogP contribution in [0.1, 0.15) is 58.2 Å². The molecule has 2 aliphatic heterocycles. The van der Waals surface area contributed by atoms with Crippen LogP contribution in [0.25, 0.3) is 0 Å². The molecule has 0 bridgehead atoms. The minimum absolute atomic E-state index is 0.145. The number of thiophene rings is 1. The minimum Gasteiger partial charge on any atom is -0.370 e. The van der Waals surface area contributed by atoms with Crippen LogP contribution in [0.3, 0.4) is 0 Å². The lowest BCUT2D eigenvalue weighted by molar-refractivity contribution is -0.0926. The molecule has 1 spiro atoms. The third kappa shape index (κ3) is 2.61. The SMILES string of the molecule is O=C(c1cnc(C2CC2)[nH]c1=O)N1CCC2(CC1)OCCc1sccc12. The topological polar surface area (TPSA) is 75.3 Å². The lowest BCUT2D eigenvalue weighted by Crippen LogP contribution is -2.48. The van der Waals surface area contributed by atoms with Crippen LogP contribution in [-0.2, 0) is 16.8 Å². The zero-order chi connectivity index (χ0) is 17.7. The number of aromatic nitrogens is 2. The van der Waals surface area contributed by atoms with E-state index in [1.807, 2.05) is 0 Å². The Kier molecular flexibility index (Phi) is 3.76. The van der Waals surface area contributed by atoms with Crippen molar-refractivity contribution in [1.82, 2.24) is 14.9 Å². The van der Waals surface area contributed by atoms with E-state index in [1.165, 1.54) is 16.6 Å². The van der Waals surface area contributed by atoms with E-state index in [0.29, 0.717) is 24.8 Å². The summed E-state index contributed by atoms with van der Waals surface area (Å²) >= 11 is 1.79. The molecule has 5 rings (SSSR count). The number of hydrogen-bond donors (Lipinski definition) is 1. The number of hydrogen-bond acceptors (Lipinski definition) is 5. The first-order chi connectivity index (χ1) is 12.7. The van der Waals surface area contributed by atoms with E-state index in [9.17, 15) is 9.59 Å². The zero-order valence-corrected chi connectivity index (χ0v) is 15.3. The standard InChI is InChI=1S/C19H21N3O3S/c23-17-13(11-20-16(21-17)12-1-2-12)18(24)22-7-5-19(6-8-22)14-4-10-26-15(14)3-9-25-19/h4,10-12H,1-3,5-9H2,(H,20,21,23). The largest absolute Gasteiger partial charge is 0.370 e. The maximum absolute atomic E-state index is 12.8. The predicted octanol–water partition coefficient (Wildman–Crippen LogP) is 2.41. The summed E-state index contributed by atoms with van der Waals surface area (Å²) < 4.78 is 6.19. The molecule has 1 saturated carbocycles. The van der Waals surface area contributed by atoms with Crippen LogP contribution in [0, 0.1) is 0 Å². The van der Waals surface area contributed by atoms with Crippen LogP contribution in [0.5, 0.6) is 0 Å². The van der Waals surface area contributed by atoms with Gasteiger partial charge in [-0.1, -0.05) is 0 Å². The summed E-state index contributed by atoms with van der Waals surface area (Å²) in [6.45, 7) is 1.93. The van der Waals surface area contributed by atoms with Gasteiger partial charge in [0, 0.05) is 36.5 Å². The molecule has 2 aromatic rings. The Morgan fingerprint density at radius 1 is 1.35 bits per heavy atom. The number of amides is 1. The molecule has 1 N–H and O–H groups in total. The molecule has 1 saturated heterocycles. The van der Waals surface area contributed by atoms with Crippen molar-refractivity contribution >= 4 is 17.2 Å². The van der Waals surface area contributed by atoms with Gasteiger partial charge in [-0.3, -0.25) is 9.59 Å². The van der Waals surface area contributed by atoms with Crippen molar-refractivity contribution in [1.29, 1.82) is 0 Å². The Hall–Kier alpha value is -1.99. The average molecular weight is 371 g/mol. The Morgan fingerprint density at radius 2 is 2.15 bits per heavy atom. The number of nitrogens with zero attached hydrogens (tertiary/aromatic N) is 2. The third-order valence-corrected chi connectivity index (χ3v) is 6.80. The van der Waals surface area contributed by atoms with Gasteiger partial charge in [0.2, 0.25) is 0 Å². The molecule has 0 radical (unpaired) electrons. The highest BCUT2D eigenvalue weighted by atomic mass is 32.1. The highest BCUT2D eigenvalue weighted by Crippen LogP contribution is 2.43. The number of ether oxygens (including phenoxy) is 1. The lowest BCUT2D eigenvalue weighted by Gasteiger charge is -2.44. The summed E-state index contributed by atoms with van der Waals surface area (Å²) in [7, 11) is 0. The van der Waals surface area contributed by atoms with E-state index >= 15 is 0 Å². The van der Waals surface area contributed by atoms with Crippen molar-refractivity contribution in [3.05, 3.63) is 49.8 Å². The number of piperidine rings is 1. The summed E-state index contributed by atoms with van der Waals surface area (Å²) in [6.07, 6.45) is 6.10. The van der Waals surface area contributed by atoms with E-state index in [0.717, 1.165) is 38.7 Å². The fourth-order valence-corrected chi connectivity index (χ4v) is 5.09. The van der Waals surface area contributed by atoms with Gasteiger partial charge >= 0.3 is 0 Å². The molecule has 7 heteroatoms. The normalized spacial score (nSPS) is 21.6. The minimum atomic E-state index is -0.318. The summed E-state index contributed by atoms with van der Waals surface area (Å²) in [5.41, 5.74) is 0.867. The van der Waals surface area contributed by atoms with Crippen LogP contribution in [-0.4, -0.2) is 40.5 Å². The van der Waals surface area contributed by atoms with Crippen LogP contribution >= 0.6 is 11.3 Å². The maximum Gasteiger partial charge on any atom is 0.263 e. The second-order valence-electron chi connectivity index (χ2n) is 7.43. The molecule has 2 aromatic heterocycles. The molecule has 6 nitrogen and oxygen atoms in total. The first kappa shape index (κ1) is 16.2. The van der Waals surface area contributed by atoms with Gasteiger partial charge in [-0.05, 0) is 42.7 Å². The van der Waals surface area contributed by atoms with E-state index < -0.39 is 0 Å². The van der Waals surface area contributed by atoms with Gasteiger partial charge in [0.05, 0.1) is 12.2 Å².